The lowest BCUT2D eigenvalue weighted by Crippen LogP contribution is -2.11. The molecule has 0 aromatic heterocycles. The van der Waals surface area contributed by atoms with Crippen LogP contribution in [0.1, 0.15) is 50.4 Å². The van der Waals surface area contributed by atoms with Gasteiger partial charge in [-0.3, -0.25) is 0 Å². The molecule has 1 heteroatoms. The van der Waals surface area contributed by atoms with E-state index in [-0.39, 0.29) is 5.41 Å². The van der Waals surface area contributed by atoms with Crippen LogP contribution in [0, 0.1) is 6.92 Å². The van der Waals surface area contributed by atoms with E-state index in [1.165, 1.54) is 22.4 Å². The molecule has 0 bridgehead atoms. The van der Waals surface area contributed by atoms with E-state index >= 15 is 0 Å². The van der Waals surface area contributed by atoms with Gasteiger partial charge in [-0.05, 0) is 48.1 Å². The molecule has 0 aliphatic carbocycles. The van der Waals surface area contributed by atoms with E-state index in [4.69, 9.17) is 0 Å². The third kappa shape index (κ3) is 3.41. The highest BCUT2D eigenvalue weighted by molar-refractivity contribution is 5.48. The number of hydrogen-bond donors (Lipinski definition) is 1. The molecule has 0 aliphatic heterocycles. The average molecular weight is 267 g/mol. The predicted molar refractivity (Wildman–Crippen MR) is 88.4 cm³/mol. The van der Waals surface area contributed by atoms with Crippen LogP contribution >= 0.6 is 0 Å². The molecule has 20 heavy (non-hydrogen) atoms. The largest absolute Gasteiger partial charge is 0.379 e. The number of aryl methyl sites for hydroxylation is 1. The molecule has 0 amide bonds. The molecule has 1 atom stereocenters. The lowest BCUT2D eigenvalue weighted by molar-refractivity contribution is 0.590. The van der Waals surface area contributed by atoms with Crippen molar-refractivity contribution in [2.45, 2.75) is 46.1 Å². The molecule has 0 fully saturated rings. The van der Waals surface area contributed by atoms with Crippen molar-refractivity contribution in [1.82, 2.24) is 0 Å². The maximum absolute atomic E-state index is 3.58. The fraction of sp³-hybridized carbons (Fsp3) is 0.368. The first-order valence-corrected chi connectivity index (χ1v) is 7.30. The van der Waals surface area contributed by atoms with Gasteiger partial charge >= 0.3 is 0 Å². The standard InChI is InChI=1S/C19H25N/c1-14-8-6-7-9-18(14)15(2)20-17-12-10-16(11-13-17)19(3,4)5/h6-13,15,20H,1-5H3. The highest BCUT2D eigenvalue weighted by atomic mass is 14.9. The number of nitrogens with one attached hydrogen (secondary N) is 1. The summed E-state index contributed by atoms with van der Waals surface area (Å²) in [5.41, 5.74) is 5.44. The number of hydrogen-bond acceptors (Lipinski definition) is 1. The first kappa shape index (κ1) is 14.6. The van der Waals surface area contributed by atoms with Gasteiger partial charge in [-0.1, -0.05) is 57.2 Å². The fourth-order valence-electron chi connectivity index (χ4n) is 2.47. The van der Waals surface area contributed by atoms with Gasteiger partial charge in [-0.15, -0.1) is 0 Å². The Bertz CT molecular complexity index is 561. The molecule has 2 aromatic carbocycles. The molecule has 0 radical (unpaired) electrons. The minimum Gasteiger partial charge on any atom is -0.379 e. The van der Waals surface area contributed by atoms with Gasteiger partial charge in [0.1, 0.15) is 0 Å². The smallest absolute Gasteiger partial charge is 0.0488 e. The van der Waals surface area contributed by atoms with Crippen LogP contribution in [-0.4, -0.2) is 0 Å². The van der Waals surface area contributed by atoms with Gasteiger partial charge in [0, 0.05) is 11.7 Å². The summed E-state index contributed by atoms with van der Waals surface area (Å²) in [4.78, 5) is 0. The molecular weight excluding hydrogens is 242 g/mol. The van der Waals surface area contributed by atoms with Crippen molar-refractivity contribution in [3.8, 4) is 0 Å². The van der Waals surface area contributed by atoms with Crippen molar-refractivity contribution in [1.29, 1.82) is 0 Å². The van der Waals surface area contributed by atoms with Crippen LogP contribution in [0.5, 0.6) is 0 Å². The zero-order chi connectivity index (χ0) is 14.8. The molecule has 0 saturated heterocycles. The Morgan fingerprint density at radius 3 is 2.05 bits per heavy atom. The van der Waals surface area contributed by atoms with Crippen LogP contribution in [0.25, 0.3) is 0 Å². The Morgan fingerprint density at radius 1 is 0.900 bits per heavy atom. The Kier molecular flexibility index (Phi) is 4.17. The average Bonchev–Trinajstić information content (AvgIpc) is 2.38. The topological polar surface area (TPSA) is 12.0 Å². The van der Waals surface area contributed by atoms with E-state index in [1.54, 1.807) is 0 Å². The molecule has 106 valence electrons. The maximum Gasteiger partial charge on any atom is 0.0488 e. The Hall–Kier alpha value is -1.76. The van der Waals surface area contributed by atoms with Crippen LogP contribution in [0.2, 0.25) is 0 Å². The summed E-state index contributed by atoms with van der Waals surface area (Å²) in [6.07, 6.45) is 0. The van der Waals surface area contributed by atoms with Gasteiger partial charge in [0.05, 0.1) is 0 Å². The third-order valence-electron chi connectivity index (χ3n) is 3.79. The zero-order valence-electron chi connectivity index (χ0n) is 13.2. The van der Waals surface area contributed by atoms with Gasteiger partial charge in [0.15, 0.2) is 0 Å². The van der Waals surface area contributed by atoms with Gasteiger partial charge in [-0.25, -0.2) is 0 Å². The van der Waals surface area contributed by atoms with Crippen LogP contribution in [0.3, 0.4) is 0 Å². The van der Waals surface area contributed by atoms with Crippen molar-refractivity contribution in [2.75, 3.05) is 5.32 Å². The van der Waals surface area contributed by atoms with E-state index < -0.39 is 0 Å². The molecule has 0 aliphatic rings. The number of anilines is 1. The summed E-state index contributed by atoms with van der Waals surface area (Å²) < 4.78 is 0. The normalized spacial score (nSPS) is 13.1. The monoisotopic (exact) mass is 267 g/mol. The summed E-state index contributed by atoms with van der Waals surface area (Å²) in [5, 5.41) is 3.58. The van der Waals surface area contributed by atoms with E-state index in [9.17, 15) is 0 Å². The van der Waals surface area contributed by atoms with Crippen molar-refractivity contribution >= 4 is 5.69 Å². The number of benzene rings is 2. The molecule has 0 heterocycles. The molecule has 2 aromatic rings. The molecule has 0 saturated carbocycles. The van der Waals surface area contributed by atoms with Gasteiger partial charge in [0.25, 0.3) is 0 Å². The Labute approximate surface area is 123 Å². The van der Waals surface area contributed by atoms with Gasteiger partial charge < -0.3 is 5.32 Å². The second kappa shape index (κ2) is 5.70. The summed E-state index contributed by atoms with van der Waals surface area (Å²) in [5.74, 6) is 0. The van der Waals surface area contributed by atoms with E-state index in [2.05, 4.69) is 88.5 Å². The third-order valence-corrected chi connectivity index (χ3v) is 3.79. The zero-order valence-corrected chi connectivity index (χ0v) is 13.2. The molecule has 1 unspecified atom stereocenters. The Morgan fingerprint density at radius 2 is 1.50 bits per heavy atom. The van der Waals surface area contributed by atoms with Gasteiger partial charge in [-0.2, -0.15) is 0 Å². The van der Waals surface area contributed by atoms with Crippen LogP contribution in [0.15, 0.2) is 48.5 Å². The SMILES string of the molecule is Cc1ccccc1C(C)Nc1ccc(C(C)(C)C)cc1. The minimum absolute atomic E-state index is 0.208. The Balaban J connectivity index is 2.13. The van der Waals surface area contributed by atoms with Crippen LogP contribution < -0.4 is 5.32 Å². The van der Waals surface area contributed by atoms with Crippen LogP contribution in [0.4, 0.5) is 5.69 Å². The fourth-order valence-corrected chi connectivity index (χ4v) is 2.47. The van der Waals surface area contributed by atoms with E-state index in [1.807, 2.05) is 0 Å². The molecule has 0 spiro atoms. The van der Waals surface area contributed by atoms with Crippen molar-refractivity contribution in [3.05, 3.63) is 65.2 Å². The number of rotatable bonds is 3. The summed E-state index contributed by atoms with van der Waals surface area (Å²) in [6.45, 7) is 11.1. The quantitative estimate of drug-likeness (QED) is 0.778. The van der Waals surface area contributed by atoms with Crippen molar-refractivity contribution in [2.24, 2.45) is 0 Å². The second-order valence-electron chi connectivity index (χ2n) is 6.55. The summed E-state index contributed by atoms with van der Waals surface area (Å²) in [7, 11) is 0. The second-order valence-corrected chi connectivity index (χ2v) is 6.55. The lowest BCUT2D eigenvalue weighted by atomic mass is 9.87. The van der Waals surface area contributed by atoms with Gasteiger partial charge in [0.2, 0.25) is 0 Å². The van der Waals surface area contributed by atoms with E-state index in [0.29, 0.717) is 6.04 Å². The molecular formula is C19H25N. The van der Waals surface area contributed by atoms with Crippen LogP contribution in [-0.2, 0) is 5.41 Å². The maximum atomic E-state index is 3.58. The highest BCUT2D eigenvalue weighted by Crippen LogP contribution is 2.26. The lowest BCUT2D eigenvalue weighted by Gasteiger charge is -2.21. The van der Waals surface area contributed by atoms with Crippen molar-refractivity contribution < 1.29 is 0 Å². The highest BCUT2D eigenvalue weighted by Gasteiger charge is 2.13. The molecule has 1 nitrogen and oxygen atoms in total. The molecule has 1 N–H and O–H groups in total. The van der Waals surface area contributed by atoms with E-state index in [0.717, 1.165) is 0 Å². The van der Waals surface area contributed by atoms with Crippen molar-refractivity contribution in [3.63, 3.8) is 0 Å². The summed E-state index contributed by atoms with van der Waals surface area (Å²) in [6, 6.07) is 17.6. The minimum atomic E-state index is 0.208. The predicted octanol–water partition coefficient (Wildman–Crippen LogP) is 5.47. The summed E-state index contributed by atoms with van der Waals surface area (Å²) >= 11 is 0. The first-order valence-electron chi connectivity index (χ1n) is 7.30. The molecule has 2 rings (SSSR count). The first-order chi connectivity index (χ1) is 9.38.